The van der Waals surface area contributed by atoms with E-state index in [0.29, 0.717) is 13.0 Å². The van der Waals surface area contributed by atoms with Crippen LogP contribution in [0.4, 0.5) is 0 Å². The molecule has 0 saturated carbocycles. The molecule has 128 valence electrons. The van der Waals surface area contributed by atoms with Crippen molar-refractivity contribution in [2.45, 2.75) is 32.8 Å². The summed E-state index contributed by atoms with van der Waals surface area (Å²) in [5, 5.41) is 11.2. The first-order chi connectivity index (χ1) is 12.1. The minimum atomic E-state index is -0.745. The van der Waals surface area contributed by atoms with E-state index in [4.69, 9.17) is 9.84 Å². The summed E-state index contributed by atoms with van der Waals surface area (Å²) in [5.41, 5.74) is 3.58. The summed E-state index contributed by atoms with van der Waals surface area (Å²) >= 11 is 0. The van der Waals surface area contributed by atoms with Crippen molar-refractivity contribution in [3.8, 4) is 5.75 Å². The number of carbonyl (C=O) groups is 1. The molecule has 0 aliphatic heterocycles. The molecule has 0 aliphatic rings. The van der Waals surface area contributed by atoms with Gasteiger partial charge in [-0.1, -0.05) is 48.5 Å². The van der Waals surface area contributed by atoms with E-state index in [-0.39, 0.29) is 6.42 Å². The van der Waals surface area contributed by atoms with Crippen LogP contribution in [0.5, 0.6) is 5.75 Å². The smallest absolute Gasteiger partial charge is 0.303 e. The molecule has 0 amide bonds. The molecule has 0 unspecified atom stereocenters. The lowest BCUT2D eigenvalue weighted by molar-refractivity contribution is -0.137. The van der Waals surface area contributed by atoms with Crippen LogP contribution in [0.25, 0.3) is 10.8 Å². The number of carboxylic acids is 1. The topological polar surface area (TPSA) is 46.5 Å². The van der Waals surface area contributed by atoms with Crippen LogP contribution >= 0.6 is 0 Å². The zero-order chi connectivity index (χ0) is 17.6. The Bertz CT molecular complexity index is 866. The fourth-order valence-electron chi connectivity index (χ4n) is 3.00. The Balaban J connectivity index is 1.64. The minimum Gasteiger partial charge on any atom is -0.489 e. The van der Waals surface area contributed by atoms with E-state index in [1.165, 1.54) is 21.9 Å². The number of ether oxygens (including phenoxy) is 1. The second-order valence-electron chi connectivity index (χ2n) is 6.27. The van der Waals surface area contributed by atoms with Crippen molar-refractivity contribution in [3.05, 3.63) is 77.4 Å². The zero-order valence-corrected chi connectivity index (χ0v) is 14.4. The predicted octanol–water partition coefficient (Wildman–Crippen LogP) is 5.13. The first-order valence-corrected chi connectivity index (χ1v) is 8.54. The quantitative estimate of drug-likeness (QED) is 0.651. The number of rotatable bonds is 7. The van der Waals surface area contributed by atoms with Crippen LogP contribution in [0.3, 0.4) is 0 Å². The molecule has 0 spiro atoms. The van der Waals surface area contributed by atoms with E-state index >= 15 is 0 Å². The van der Waals surface area contributed by atoms with Gasteiger partial charge in [0.25, 0.3) is 0 Å². The lowest BCUT2D eigenvalue weighted by atomic mass is 10.0. The second-order valence-corrected chi connectivity index (χ2v) is 6.27. The van der Waals surface area contributed by atoms with Crippen LogP contribution in [-0.2, 0) is 17.8 Å². The molecule has 3 nitrogen and oxygen atoms in total. The van der Waals surface area contributed by atoms with Gasteiger partial charge in [0.05, 0.1) is 0 Å². The molecule has 0 heterocycles. The van der Waals surface area contributed by atoms with Crippen LogP contribution in [-0.4, -0.2) is 11.1 Å². The van der Waals surface area contributed by atoms with Crippen molar-refractivity contribution >= 4 is 16.7 Å². The molecular formula is C22H22O3. The van der Waals surface area contributed by atoms with E-state index in [9.17, 15) is 4.79 Å². The maximum atomic E-state index is 10.6. The average molecular weight is 334 g/mol. The highest BCUT2D eigenvalue weighted by atomic mass is 16.5. The Kier molecular flexibility index (Phi) is 5.34. The monoisotopic (exact) mass is 334 g/mol. The van der Waals surface area contributed by atoms with Gasteiger partial charge in [0.15, 0.2) is 0 Å². The van der Waals surface area contributed by atoms with Gasteiger partial charge in [-0.3, -0.25) is 4.79 Å². The predicted molar refractivity (Wildman–Crippen MR) is 100 cm³/mol. The molecule has 0 atom stereocenters. The first kappa shape index (κ1) is 17.0. The lowest BCUT2D eigenvalue weighted by Gasteiger charge is -2.11. The Labute approximate surface area is 147 Å². The summed E-state index contributed by atoms with van der Waals surface area (Å²) in [5.74, 6) is 0.0805. The molecule has 0 radical (unpaired) electrons. The number of aryl methyl sites for hydroxylation is 2. The molecule has 3 aromatic carbocycles. The number of fused-ring (bicyclic) bond motifs is 1. The Hall–Kier alpha value is -2.81. The summed E-state index contributed by atoms with van der Waals surface area (Å²) in [7, 11) is 0. The normalized spacial score (nSPS) is 10.8. The standard InChI is InChI=1S/C22H22O3/c1-16-9-12-18(21-7-3-2-6-20(16)21)15-25-19-13-10-17(11-14-19)5-4-8-22(23)24/h2-3,6-7,9-14H,4-5,8,15H2,1H3,(H,23,24). The lowest BCUT2D eigenvalue weighted by Crippen LogP contribution is -1.98. The zero-order valence-electron chi connectivity index (χ0n) is 14.4. The number of hydrogen-bond donors (Lipinski definition) is 1. The van der Waals surface area contributed by atoms with E-state index < -0.39 is 5.97 Å². The molecule has 3 heteroatoms. The maximum Gasteiger partial charge on any atom is 0.303 e. The molecule has 25 heavy (non-hydrogen) atoms. The molecule has 0 fully saturated rings. The van der Waals surface area contributed by atoms with Crippen molar-refractivity contribution < 1.29 is 14.6 Å². The van der Waals surface area contributed by atoms with Crippen LogP contribution < -0.4 is 4.74 Å². The van der Waals surface area contributed by atoms with Gasteiger partial charge in [-0.15, -0.1) is 0 Å². The third kappa shape index (κ3) is 4.38. The molecule has 0 aliphatic carbocycles. The molecule has 3 rings (SSSR count). The molecule has 1 N–H and O–H groups in total. The van der Waals surface area contributed by atoms with Gasteiger partial charge < -0.3 is 9.84 Å². The van der Waals surface area contributed by atoms with Crippen LogP contribution in [0.1, 0.15) is 29.5 Å². The van der Waals surface area contributed by atoms with Gasteiger partial charge >= 0.3 is 5.97 Å². The van der Waals surface area contributed by atoms with E-state index in [1.54, 1.807) is 0 Å². The van der Waals surface area contributed by atoms with Crippen molar-refractivity contribution in [1.82, 2.24) is 0 Å². The summed E-state index contributed by atoms with van der Waals surface area (Å²) in [6.07, 6.45) is 1.64. The van der Waals surface area contributed by atoms with Crippen LogP contribution in [0.2, 0.25) is 0 Å². The van der Waals surface area contributed by atoms with E-state index in [0.717, 1.165) is 17.7 Å². The van der Waals surface area contributed by atoms with Gasteiger partial charge in [0.2, 0.25) is 0 Å². The van der Waals surface area contributed by atoms with Gasteiger partial charge in [-0.25, -0.2) is 0 Å². The second kappa shape index (κ2) is 7.84. The van der Waals surface area contributed by atoms with Gasteiger partial charge in [0, 0.05) is 6.42 Å². The molecule has 0 bridgehead atoms. The fourth-order valence-corrected chi connectivity index (χ4v) is 3.00. The first-order valence-electron chi connectivity index (χ1n) is 8.54. The highest BCUT2D eigenvalue weighted by Gasteiger charge is 2.04. The molecular weight excluding hydrogens is 312 g/mol. The third-order valence-corrected chi connectivity index (χ3v) is 4.41. The Morgan fingerprint density at radius 2 is 1.68 bits per heavy atom. The van der Waals surface area contributed by atoms with E-state index in [1.807, 2.05) is 24.3 Å². The Morgan fingerprint density at radius 1 is 0.960 bits per heavy atom. The summed E-state index contributed by atoms with van der Waals surface area (Å²) < 4.78 is 5.94. The highest BCUT2D eigenvalue weighted by Crippen LogP contribution is 2.24. The Morgan fingerprint density at radius 3 is 2.40 bits per heavy atom. The summed E-state index contributed by atoms with van der Waals surface area (Å²) in [4.78, 5) is 10.6. The summed E-state index contributed by atoms with van der Waals surface area (Å²) in [6, 6.07) is 20.5. The molecule has 3 aromatic rings. The number of carboxylic acid groups (broad SMARTS) is 1. The number of hydrogen-bond acceptors (Lipinski definition) is 2. The SMILES string of the molecule is Cc1ccc(COc2ccc(CCCC(=O)O)cc2)c2ccccc12. The maximum absolute atomic E-state index is 10.6. The fraction of sp³-hybridized carbons (Fsp3) is 0.227. The average Bonchev–Trinajstić information content (AvgIpc) is 2.62. The van der Waals surface area contributed by atoms with Crippen molar-refractivity contribution in [3.63, 3.8) is 0 Å². The van der Waals surface area contributed by atoms with Crippen molar-refractivity contribution in [2.75, 3.05) is 0 Å². The molecule has 0 aromatic heterocycles. The largest absolute Gasteiger partial charge is 0.489 e. The van der Waals surface area contributed by atoms with Gasteiger partial charge in [-0.2, -0.15) is 0 Å². The summed E-state index contributed by atoms with van der Waals surface area (Å²) in [6.45, 7) is 2.65. The van der Waals surface area contributed by atoms with Crippen LogP contribution in [0, 0.1) is 6.92 Å². The van der Waals surface area contributed by atoms with Crippen molar-refractivity contribution in [1.29, 1.82) is 0 Å². The molecule has 0 saturated heterocycles. The number of benzene rings is 3. The van der Waals surface area contributed by atoms with Crippen molar-refractivity contribution in [2.24, 2.45) is 0 Å². The van der Waals surface area contributed by atoms with E-state index in [2.05, 4.69) is 43.3 Å². The number of aliphatic carboxylic acids is 1. The van der Waals surface area contributed by atoms with Gasteiger partial charge in [0.1, 0.15) is 12.4 Å². The third-order valence-electron chi connectivity index (χ3n) is 4.41. The highest BCUT2D eigenvalue weighted by molar-refractivity contribution is 5.88. The minimum absolute atomic E-state index is 0.207. The van der Waals surface area contributed by atoms with Gasteiger partial charge in [-0.05, 0) is 59.4 Å². The van der Waals surface area contributed by atoms with Crippen LogP contribution in [0.15, 0.2) is 60.7 Å².